The van der Waals surface area contributed by atoms with Crippen LogP contribution in [0.5, 0.6) is 0 Å². The van der Waals surface area contributed by atoms with E-state index >= 15 is 0 Å². The van der Waals surface area contributed by atoms with Gasteiger partial charge in [-0.3, -0.25) is 4.79 Å². The molecule has 0 aromatic heterocycles. The van der Waals surface area contributed by atoms with E-state index in [1.54, 1.807) is 0 Å². The van der Waals surface area contributed by atoms with Crippen molar-refractivity contribution in [1.29, 1.82) is 0 Å². The quantitative estimate of drug-likeness (QED) is 0.253. The van der Waals surface area contributed by atoms with Crippen LogP contribution in [0.15, 0.2) is 0 Å². The summed E-state index contributed by atoms with van der Waals surface area (Å²) in [5.41, 5.74) is 0. The zero-order valence-electron chi connectivity index (χ0n) is 14.4. The van der Waals surface area contributed by atoms with Gasteiger partial charge in [-0.25, -0.2) is 0 Å². The molecule has 0 fully saturated rings. The third kappa shape index (κ3) is 19.1. The Balaban J connectivity index is 2.97. The Labute approximate surface area is 136 Å². The van der Waals surface area contributed by atoms with Crippen molar-refractivity contribution < 1.29 is 14.7 Å². The Morgan fingerprint density at radius 2 is 0.909 bits per heavy atom. The Bertz CT molecular complexity index is 251. The maximum Gasteiger partial charge on any atom is 0.303 e. The SMILES string of the molecule is O=CCCCCCCCCCCCCCCCCCC(=O)O. The predicted octanol–water partition coefficient (Wildman–Crippen LogP) is 5.90. The molecule has 0 radical (unpaired) electrons. The Hall–Kier alpha value is -0.860. The van der Waals surface area contributed by atoms with Gasteiger partial charge in [-0.15, -0.1) is 0 Å². The van der Waals surface area contributed by atoms with Gasteiger partial charge in [0.1, 0.15) is 6.29 Å². The molecule has 0 aliphatic rings. The summed E-state index contributed by atoms with van der Waals surface area (Å²) in [6.45, 7) is 0. The van der Waals surface area contributed by atoms with E-state index in [2.05, 4.69) is 0 Å². The average molecular weight is 312 g/mol. The molecule has 3 heteroatoms. The normalized spacial score (nSPS) is 10.7. The summed E-state index contributed by atoms with van der Waals surface area (Å²) in [6, 6.07) is 0. The van der Waals surface area contributed by atoms with E-state index in [4.69, 9.17) is 5.11 Å². The maximum absolute atomic E-state index is 10.3. The van der Waals surface area contributed by atoms with Crippen molar-refractivity contribution in [2.75, 3.05) is 0 Å². The number of aliphatic carboxylic acids is 1. The first-order valence-electron chi connectivity index (χ1n) is 9.43. The molecule has 0 heterocycles. The lowest BCUT2D eigenvalue weighted by atomic mass is 10.0. The second-order valence-corrected chi connectivity index (χ2v) is 6.40. The lowest BCUT2D eigenvalue weighted by molar-refractivity contribution is -0.137. The molecule has 22 heavy (non-hydrogen) atoms. The molecule has 0 spiro atoms. The zero-order chi connectivity index (χ0) is 16.3. The number of aldehydes is 1. The van der Waals surface area contributed by atoms with Gasteiger partial charge in [-0.1, -0.05) is 83.5 Å². The summed E-state index contributed by atoms with van der Waals surface area (Å²) in [5, 5.41) is 8.53. The lowest BCUT2D eigenvalue weighted by Gasteiger charge is -2.03. The molecule has 0 unspecified atom stereocenters. The summed E-state index contributed by atoms with van der Waals surface area (Å²) >= 11 is 0. The molecule has 3 nitrogen and oxygen atoms in total. The summed E-state index contributed by atoms with van der Waals surface area (Å²) in [5.74, 6) is -0.666. The first-order valence-corrected chi connectivity index (χ1v) is 9.43. The smallest absolute Gasteiger partial charge is 0.303 e. The number of carbonyl (C=O) groups is 2. The maximum atomic E-state index is 10.3. The van der Waals surface area contributed by atoms with Gasteiger partial charge in [0, 0.05) is 12.8 Å². The van der Waals surface area contributed by atoms with E-state index in [0.29, 0.717) is 6.42 Å². The first-order chi connectivity index (χ1) is 10.8. The molecule has 0 saturated heterocycles. The van der Waals surface area contributed by atoms with Crippen LogP contribution in [0.3, 0.4) is 0 Å². The Morgan fingerprint density at radius 1 is 0.591 bits per heavy atom. The molecule has 130 valence electrons. The highest BCUT2D eigenvalue weighted by atomic mass is 16.4. The van der Waals surface area contributed by atoms with Crippen molar-refractivity contribution in [3.63, 3.8) is 0 Å². The Kier molecular flexibility index (Phi) is 17.5. The molecular weight excluding hydrogens is 276 g/mol. The van der Waals surface area contributed by atoms with Gasteiger partial charge < -0.3 is 9.90 Å². The summed E-state index contributed by atoms with van der Waals surface area (Å²) < 4.78 is 0. The lowest BCUT2D eigenvalue weighted by Crippen LogP contribution is -1.93. The highest BCUT2D eigenvalue weighted by Crippen LogP contribution is 2.13. The van der Waals surface area contributed by atoms with E-state index in [1.165, 1.54) is 77.0 Å². The number of hydrogen-bond acceptors (Lipinski definition) is 2. The van der Waals surface area contributed by atoms with Crippen molar-refractivity contribution in [2.45, 2.75) is 109 Å². The monoisotopic (exact) mass is 312 g/mol. The minimum absolute atomic E-state index is 0.330. The van der Waals surface area contributed by atoms with Gasteiger partial charge in [0.15, 0.2) is 0 Å². The van der Waals surface area contributed by atoms with Crippen LogP contribution in [0, 0.1) is 0 Å². The Morgan fingerprint density at radius 3 is 1.23 bits per heavy atom. The van der Waals surface area contributed by atoms with E-state index in [1.807, 2.05) is 0 Å². The molecule has 0 atom stereocenters. The standard InChI is InChI=1S/C19H36O3/c20-18-16-14-12-10-8-6-4-2-1-3-5-7-9-11-13-15-17-19(21)22/h18H,1-17H2,(H,21,22). The van der Waals surface area contributed by atoms with Gasteiger partial charge in [0.05, 0.1) is 0 Å². The van der Waals surface area contributed by atoms with Crippen molar-refractivity contribution in [3.05, 3.63) is 0 Å². The number of carboxylic acid groups (broad SMARTS) is 1. The highest BCUT2D eigenvalue weighted by molar-refractivity contribution is 5.66. The van der Waals surface area contributed by atoms with E-state index in [9.17, 15) is 9.59 Å². The van der Waals surface area contributed by atoms with Gasteiger partial charge in [0.25, 0.3) is 0 Å². The van der Waals surface area contributed by atoms with Crippen LogP contribution in [0.25, 0.3) is 0 Å². The number of carboxylic acids is 1. The molecule has 0 rings (SSSR count). The molecule has 0 aliphatic heterocycles. The summed E-state index contributed by atoms with van der Waals surface area (Å²) in [7, 11) is 0. The third-order valence-corrected chi connectivity index (χ3v) is 4.21. The van der Waals surface area contributed by atoms with Crippen LogP contribution in [0.1, 0.15) is 109 Å². The van der Waals surface area contributed by atoms with Crippen molar-refractivity contribution in [2.24, 2.45) is 0 Å². The molecule has 0 aromatic carbocycles. The average Bonchev–Trinajstić information content (AvgIpc) is 2.50. The fourth-order valence-corrected chi connectivity index (χ4v) is 2.80. The zero-order valence-corrected chi connectivity index (χ0v) is 14.4. The predicted molar refractivity (Wildman–Crippen MR) is 92.2 cm³/mol. The molecule has 1 N–H and O–H groups in total. The van der Waals surface area contributed by atoms with Crippen LogP contribution in [-0.2, 0) is 9.59 Å². The van der Waals surface area contributed by atoms with Crippen LogP contribution >= 0.6 is 0 Å². The third-order valence-electron chi connectivity index (χ3n) is 4.21. The van der Waals surface area contributed by atoms with Crippen molar-refractivity contribution >= 4 is 12.3 Å². The van der Waals surface area contributed by atoms with Crippen LogP contribution in [-0.4, -0.2) is 17.4 Å². The van der Waals surface area contributed by atoms with Gasteiger partial charge >= 0.3 is 5.97 Å². The number of hydrogen-bond donors (Lipinski definition) is 1. The van der Waals surface area contributed by atoms with Gasteiger partial charge in [0.2, 0.25) is 0 Å². The fourth-order valence-electron chi connectivity index (χ4n) is 2.80. The van der Waals surface area contributed by atoms with Crippen LogP contribution < -0.4 is 0 Å². The van der Waals surface area contributed by atoms with Gasteiger partial charge in [-0.05, 0) is 12.8 Å². The summed E-state index contributed by atoms with van der Waals surface area (Å²) in [4.78, 5) is 20.5. The van der Waals surface area contributed by atoms with Crippen molar-refractivity contribution in [1.82, 2.24) is 0 Å². The van der Waals surface area contributed by atoms with Crippen molar-refractivity contribution in [3.8, 4) is 0 Å². The number of unbranched alkanes of at least 4 members (excludes halogenated alkanes) is 15. The highest BCUT2D eigenvalue weighted by Gasteiger charge is 1.97. The minimum atomic E-state index is -0.666. The second kappa shape index (κ2) is 18.2. The van der Waals surface area contributed by atoms with Crippen LogP contribution in [0.2, 0.25) is 0 Å². The van der Waals surface area contributed by atoms with Crippen LogP contribution in [0.4, 0.5) is 0 Å². The molecule has 0 saturated carbocycles. The molecular formula is C19H36O3. The van der Waals surface area contributed by atoms with E-state index < -0.39 is 5.97 Å². The van der Waals surface area contributed by atoms with E-state index in [0.717, 1.165) is 32.0 Å². The number of carbonyl (C=O) groups excluding carboxylic acids is 1. The molecule has 0 amide bonds. The summed E-state index contributed by atoms with van der Waals surface area (Å²) in [6.07, 6.45) is 20.8. The number of rotatable bonds is 18. The second-order valence-electron chi connectivity index (χ2n) is 6.40. The first kappa shape index (κ1) is 21.1. The molecule has 0 aliphatic carbocycles. The fraction of sp³-hybridized carbons (Fsp3) is 0.895. The van der Waals surface area contributed by atoms with Gasteiger partial charge in [-0.2, -0.15) is 0 Å². The van der Waals surface area contributed by atoms with E-state index in [-0.39, 0.29) is 0 Å². The molecule has 0 bridgehead atoms. The minimum Gasteiger partial charge on any atom is -0.481 e. The topological polar surface area (TPSA) is 54.4 Å². The molecule has 0 aromatic rings. The largest absolute Gasteiger partial charge is 0.481 e.